The molecule has 1 aromatic carbocycles. The Balaban J connectivity index is 2.01. The van der Waals surface area contributed by atoms with Crippen molar-refractivity contribution in [2.24, 2.45) is 5.92 Å². The number of hydrogen-bond acceptors (Lipinski definition) is 2. The maximum Gasteiger partial charge on any atom is 0.0510 e. The molecular formula is C16H25BrN2. The van der Waals surface area contributed by atoms with Crippen LogP contribution in [0.5, 0.6) is 0 Å². The van der Waals surface area contributed by atoms with Crippen molar-refractivity contribution in [3.63, 3.8) is 0 Å². The molecule has 0 bridgehead atoms. The predicted molar refractivity (Wildman–Crippen MR) is 86.7 cm³/mol. The summed E-state index contributed by atoms with van der Waals surface area (Å²) in [5, 5.41) is 3.44. The highest BCUT2D eigenvalue weighted by atomic mass is 79.9. The summed E-state index contributed by atoms with van der Waals surface area (Å²) in [7, 11) is 2.21. The summed E-state index contributed by atoms with van der Waals surface area (Å²) >= 11 is 3.73. The molecule has 1 fully saturated rings. The zero-order valence-corrected chi connectivity index (χ0v) is 13.8. The molecule has 1 N–H and O–H groups in total. The van der Waals surface area contributed by atoms with E-state index in [-0.39, 0.29) is 0 Å². The Morgan fingerprint density at radius 3 is 2.74 bits per heavy atom. The van der Waals surface area contributed by atoms with Crippen molar-refractivity contribution in [2.45, 2.75) is 45.7 Å². The van der Waals surface area contributed by atoms with E-state index in [1.165, 1.54) is 35.0 Å². The lowest BCUT2D eigenvalue weighted by Gasteiger charge is -2.28. The fraction of sp³-hybridized carbons (Fsp3) is 0.625. The minimum Gasteiger partial charge on any atom is -0.371 e. The first-order chi connectivity index (χ1) is 9.13. The topological polar surface area (TPSA) is 15.3 Å². The van der Waals surface area contributed by atoms with Gasteiger partial charge in [-0.2, -0.15) is 0 Å². The molecular weight excluding hydrogens is 300 g/mol. The molecule has 1 unspecified atom stereocenters. The molecule has 106 valence electrons. The van der Waals surface area contributed by atoms with Crippen LogP contribution in [0.1, 0.15) is 38.7 Å². The second kappa shape index (κ2) is 6.76. The Labute approximate surface area is 125 Å². The van der Waals surface area contributed by atoms with Crippen LogP contribution in [0, 0.1) is 5.92 Å². The molecule has 1 aromatic rings. The van der Waals surface area contributed by atoms with E-state index in [9.17, 15) is 0 Å². The van der Waals surface area contributed by atoms with Gasteiger partial charge in [0.25, 0.3) is 0 Å². The molecule has 0 saturated heterocycles. The van der Waals surface area contributed by atoms with Gasteiger partial charge in [-0.1, -0.05) is 13.0 Å². The fourth-order valence-electron chi connectivity index (χ4n) is 2.47. The van der Waals surface area contributed by atoms with E-state index in [1.54, 1.807) is 0 Å². The van der Waals surface area contributed by atoms with Crippen LogP contribution in [0.2, 0.25) is 0 Å². The first-order valence-corrected chi connectivity index (χ1v) is 8.14. The van der Waals surface area contributed by atoms with E-state index in [0.29, 0.717) is 6.04 Å². The Morgan fingerprint density at radius 2 is 2.16 bits per heavy atom. The number of rotatable bonds is 7. The molecule has 1 aliphatic carbocycles. The van der Waals surface area contributed by atoms with Crippen LogP contribution in [0.15, 0.2) is 22.7 Å². The fourth-order valence-corrected chi connectivity index (χ4v) is 3.18. The van der Waals surface area contributed by atoms with Crippen molar-refractivity contribution < 1.29 is 0 Å². The van der Waals surface area contributed by atoms with Crippen LogP contribution in [-0.2, 0) is 6.54 Å². The number of nitrogens with one attached hydrogen (secondary N) is 1. The maximum atomic E-state index is 3.73. The van der Waals surface area contributed by atoms with E-state index < -0.39 is 0 Å². The molecule has 0 radical (unpaired) electrons. The normalized spacial score (nSPS) is 16.4. The summed E-state index contributed by atoms with van der Waals surface area (Å²) in [4.78, 5) is 2.41. The van der Waals surface area contributed by atoms with Crippen molar-refractivity contribution in [3.8, 4) is 0 Å². The summed E-state index contributed by atoms with van der Waals surface area (Å²) < 4.78 is 1.21. The lowest BCUT2D eigenvalue weighted by Crippen LogP contribution is -2.30. The van der Waals surface area contributed by atoms with Gasteiger partial charge in [-0.15, -0.1) is 0 Å². The summed E-state index contributed by atoms with van der Waals surface area (Å²) in [6.07, 6.45) is 3.96. The van der Waals surface area contributed by atoms with Crippen LogP contribution in [0.3, 0.4) is 0 Å². The molecule has 2 nitrogen and oxygen atoms in total. The van der Waals surface area contributed by atoms with Gasteiger partial charge in [-0.05, 0) is 72.3 Å². The van der Waals surface area contributed by atoms with Crippen molar-refractivity contribution in [1.82, 2.24) is 5.32 Å². The minimum atomic E-state index is 0.639. The van der Waals surface area contributed by atoms with E-state index in [1.807, 2.05) is 0 Å². The molecule has 0 aliphatic heterocycles. The number of nitrogens with zero attached hydrogens (tertiary/aromatic N) is 1. The van der Waals surface area contributed by atoms with E-state index in [2.05, 4.69) is 65.2 Å². The molecule has 1 aliphatic rings. The Bertz CT molecular complexity index is 415. The smallest absolute Gasteiger partial charge is 0.0510 e. The average molecular weight is 325 g/mol. The zero-order chi connectivity index (χ0) is 13.8. The van der Waals surface area contributed by atoms with Gasteiger partial charge in [0, 0.05) is 24.1 Å². The zero-order valence-electron chi connectivity index (χ0n) is 12.2. The maximum absolute atomic E-state index is 3.73. The van der Waals surface area contributed by atoms with Gasteiger partial charge in [-0.25, -0.2) is 0 Å². The number of anilines is 1. The standard InChI is InChI=1S/C16H25BrN2/c1-4-9-18-11-13-5-8-16(15(17)10-13)19(3)12(2)14-6-7-14/h5,8,10,12,14,18H,4,6-7,9,11H2,1-3H3. The van der Waals surface area contributed by atoms with Gasteiger partial charge in [0.2, 0.25) is 0 Å². The number of benzene rings is 1. The third-order valence-corrected chi connectivity index (χ3v) is 4.70. The Morgan fingerprint density at radius 1 is 1.42 bits per heavy atom. The van der Waals surface area contributed by atoms with Crippen LogP contribution >= 0.6 is 15.9 Å². The Hall–Kier alpha value is -0.540. The van der Waals surface area contributed by atoms with Gasteiger partial charge in [0.15, 0.2) is 0 Å². The van der Waals surface area contributed by atoms with Crippen molar-refractivity contribution in [1.29, 1.82) is 0 Å². The molecule has 3 heteroatoms. The van der Waals surface area contributed by atoms with E-state index in [4.69, 9.17) is 0 Å². The largest absolute Gasteiger partial charge is 0.371 e. The highest BCUT2D eigenvalue weighted by molar-refractivity contribution is 9.10. The van der Waals surface area contributed by atoms with Gasteiger partial charge >= 0.3 is 0 Å². The SMILES string of the molecule is CCCNCc1ccc(N(C)C(C)C2CC2)c(Br)c1. The average Bonchev–Trinajstić information content (AvgIpc) is 3.22. The summed E-state index contributed by atoms with van der Waals surface area (Å²) in [6, 6.07) is 7.36. The van der Waals surface area contributed by atoms with Crippen molar-refractivity contribution in [2.75, 3.05) is 18.5 Å². The van der Waals surface area contributed by atoms with Gasteiger partial charge in [0.05, 0.1) is 5.69 Å². The lowest BCUT2D eigenvalue weighted by atomic mass is 10.1. The first-order valence-electron chi connectivity index (χ1n) is 7.35. The third-order valence-electron chi connectivity index (χ3n) is 4.06. The van der Waals surface area contributed by atoms with E-state index >= 15 is 0 Å². The molecule has 0 aromatic heterocycles. The molecule has 0 amide bonds. The number of halogens is 1. The Kier molecular flexibility index (Phi) is 5.28. The highest BCUT2D eigenvalue weighted by Gasteiger charge is 2.31. The molecule has 1 saturated carbocycles. The molecule has 0 spiro atoms. The monoisotopic (exact) mass is 324 g/mol. The van der Waals surface area contributed by atoms with E-state index in [0.717, 1.165) is 19.0 Å². The van der Waals surface area contributed by atoms with Crippen molar-refractivity contribution in [3.05, 3.63) is 28.2 Å². The molecule has 1 atom stereocenters. The molecule has 0 heterocycles. The van der Waals surface area contributed by atoms with Crippen LogP contribution < -0.4 is 10.2 Å². The second-order valence-corrected chi connectivity index (χ2v) is 6.51. The second-order valence-electron chi connectivity index (χ2n) is 5.65. The van der Waals surface area contributed by atoms with Crippen molar-refractivity contribution >= 4 is 21.6 Å². The van der Waals surface area contributed by atoms with Crippen LogP contribution in [-0.4, -0.2) is 19.6 Å². The summed E-state index contributed by atoms with van der Waals surface area (Å²) in [5.41, 5.74) is 2.65. The lowest BCUT2D eigenvalue weighted by molar-refractivity contribution is 0.608. The van der Waals surface area contributed by atoms with Crippen LogP contribution in [0.25, 0.3) is 0 Å². The summed E-state index contributed by atoms with van der Waals surface area (Å²) in [6.45, 7) is 6.56. The third kappa shape index (κ3) is 3.96. The predicted octanol–water partition coefficient (Wildman–Crippen LogP) is 4.18. The van der Waals surface area contributed by atoms with Gasteiger partial charge in [0.1, 0.15) is 0 Å². The van der Waals surface area contributed by atoms with Crippen LogP contribution in [0.4, 0.5) is 5.69 Å². The quantitative estimate of drug-likeness (QED) is 0.757. The highest BCUT2D eigenvalue weighted by Crippen LogP contribution is 2.38. The minimum absolute atomic E-state index is 0.639. The molecule has 19 heavy (non-hydrogen) atoms. The first kappa shape index (κ1) is 14.9. The van der Waals surface area contributed by atoms with Gasteiger partial charge in [-0.3, -0.25) is 0 Å². The summed E-state index contributed by atoms with van der Waals surface area (Å²) in [5.74, 6) is 0.891. The van der Waals surface area contributed by atoms with Gasteiger partial charge < -0.3 is 10.2 Å². The number of hydrogen-bond donors (Lipinski definition) is 1. The molecule has 2 rings (SSSR count).